The second-order valence-corrected chi connectivity index (χ2v) is 4.29. The maximum absolute atomic E-state index is 13.5. The quantitative estimate of drug-likeness (QED) is 0.705. The van der Waals surface area contributed by atoms with Crippen LogP contribution in [0.5, 0.6) is 0 Å². The predicted octanol–water partition coefficient (Wildman–Crippen LogP) is 1.63. The second kappa shape index (κ2) is 8.61. The van der Waals surface area contributed by atoms with Crippen LogP contribution in [0.3, 0.4) is 0 Å². The molecule has 0 spiro atoms. The highest BCUT2D eigenvalue weighted by molar-refractivity contribution is 5.76. The zero-order valence-electron chi connectivity index (χ0n) is 11.4. The molecule has 5 heteroatoms. The van der Waals surface area contributed by atoms with E-state index < -0.39 is 0 Å². The van der Waals surface area contributed by atoms with E-state index in [2.05, 4.69) is 10.6 Å². The minimum absolute atomic E-state index is 0.0368. The molecule has 1 amide bonds. The van der Waals surface area contributed by atoms with Crippen LogP contribution < -0.4 is 10.6 Å². The Balaban J connectivity index is 2.26. The lowest BCUT2D eigenvalue weighted by atomic mass is 10.1. The first-order valence-electron chi connectivity index (χ1n) is 6.38. The summed E-state index contributed by atoms with van der Waals surface area (Å²) in [6, 6.07) is 6.52. The van der Waals surface area contributed by atoms with Gasteiger partial charge >= 0.3 is 0 Å². The number of benzene rings is 1. The van der Waals surface area contributed by atoms with E-state index in [4.69, 9.17) is 4.74 Å². The first-order chi connectivity index (χ1) is 9.15. The van der Waals surface area contributed by atoms with Gasteiger partial charge in [0.25, 0.3) is 0 Å². The first-order valence-corrected chi connectivity index (χ1v) is 6.38. The molecule has 0 bridgehead atoms. The molecule has 0 saturated carbocycles. The van der Waals surface area contributed by atoms with Crippen molar-refractivity contribution >= 4 is 5.91 Å². The number of rotatable bonds is 8. The molecule has 0 radical (unpaired) electrons. The summed E-state index contributed by atoms with van der Waals surface area (Å²) in [7, 11) is 1.59. The lowest BCUT2D eigenvalue weighted by Crippen LogP contribution is -2.31. The summed E-state index contributed by atoms with van der Waals surface area (Å²) in [4.78, 5) is 11.4. The molecule has 0 aromatic heterocycles. The molecular weight excluding hydrogens is 247 g/mol. The number of carbonyl (C=O) groups is 1. The van der Waals surface area contributed by atoms with Gasteiger partial charge in [0.2, 0.25) is 5.91 Å². The van der Waals surface area contributed by atoms with E-state index in [-0.39, 0.29) is 17.8 Å². The average Bonchev–Trinajstić information content (AvgIpc) is 2.39. The summed E-state index contributed by atoms with van der Waals surface area (Å²) in [5, 5.41) is 5.86. The van der Waals surface area contributed by atoms with Crippen molar-refractivity contribution in [3.8, 4) is 0 Å². The zero-order valence-corrected chi connectivity index (χ0v) is 11.4. The summed E-state index contributed by atoms with van der Waals surface area (Å²) >= 11 is 0. The maximum atomic E-state index is 13.5. The van der Waals surface area contributed by atoms with Gasteiger partial charge in [-0.05, 0) is 13.0 Å². The van der Waals surface area contributed by atoms with Gasteiger partial charge in [-0.3, -0.25) is 4.79 Å². The van der Waals surface area contributed by atoms with Gasteiger partial charge in [0, 0.05) is 38.2 Å². The number of amides is 1. The Bertz CT molecular complexity index is 399. The minimum Gasteiger partial charge on any atom is -0.383 e. The van der Waals surface area contributed by atoms with Crippen LogP contribution in [-0.2, 0) is 9.53 Å². The molecule has 1 aromatic rings. The van der Waals surface area contributed by atoms with Crippen molar-refractivity contribution in [3.05, 3.63) is 35.6 Å². The largest absolute Gasteiger partial charge is 0.383 e. The molecule has 1 unspecified atom stereocenters. The van der Waals surface area contributed by atoms with E-state index in [1.807, 2.05) is 6.92 Å². The molecule has 0 aliphatic rings. The summed E-state index contributed by atoms with van der Waals surface area (Å²) in [5.41, 5.74) is 0.613. The maximum Gasteiger partial charge on any atom is 0.221 e. The predicted molar refractivity (Wildman–Crippen MR) is 72.3 cm³/mol. The highest BCUT2D eigenvalue weighted by Crippen LogP contribution is 2.15. The number of nitrogens with one attached hydrogen (secondary N) is 2. The summed E-state index contributed by atoms with van der Waals surface area (Å²) in [6.07, 6.45) is 0.364. The van der Waals surface area contributed by atoms with Crippen molar-refractivity contribution in [3.63, 3.8) is 0 Å². The molecule has 19 heavy (non-hydrogen) atoms. The third-order valence-electron chi connectivity index (χ3n) is 2.80. The second-order valence-electron chi connectivity index (χ2n) is 4.29. The highest BCUT2D eigenvalue weighted by Gasteiger charge is 2.09. The third-order valence-corrected chi connectivity index (χ3v) is 2.80. The molecule has 4 nitrogen and oxygen atoms in total. The van der Waals surface area contributed by atoms with E-state index in [0.29, 0.717) is 31.7 Å². The minimum atomic E-state index is -0.230. The number of methoxy groups -OCH3 is 1. The van der Waals surface area contributed by atoms with Gasteiger partial charge in [-0.15, -0.1) is 0 Å². The van der Waals surface area contributed by atoms with E-state index in [9.17, 15) is 9.18 Å². The molecule has 1 aromatic carbocycles. The van der Waals surface area contributed by atoms with Crippen molar-refractivity contribution in [2.75, 3.05) is 26.8 Å². The number of halogens is 1. The lowest BCUT2D eigenvalue weighted by Gasteiger charge is -2.14. The van der Waals surface area contributed by atoms with Crippen molar-refractivity contribution < 1.29 is 13.9 Å². The molecule has 0 aliphatic heterocycles. The van der Waals surface area contributed by atoms with Gasteiger partial charge in [-0.25, -0.2) is 4.39 Å². The van der Waals surface area contributed by atoms with Crippen LogP contribution in [0.15, 0.2) is 24.3 Å². The summed E-state index contributed by atoms with van der Waals surface area (Å²) in [6.45, 7) is 3.40. The van der Waals surface area contributed by atoms with Crippen LogP contribution in [0.1, 0.15) is 24.9 Å². The molecule has 0 saturated heterocycles. The Morgan fingerprint density at radius 2 is 2.11 bits per heavy atom. The van der Waals surface area contributed by atoms with E-state index in [1.165, 1.54) is 6.07 Å². The SMILES string of the molecule is COCCNC(=O)CCNC(C)c1ccccc1F. The molecular formula is C14H21FN2O2. The number of hydrogen-bond acceptors (Lipinski definition) is 3. The van der Waals surface area contributed by atoms with Crippen LogP contribution in [0.4, 0.5) is 4.39 Å². The summed E-state index contributed by atoms with van der Waals surface area (Å²) < 4.78 is 18.3. The van der Waals surface area contributed by atoms with E-state index in [0.717, 1.165) is 0 Å². The van der Waals surface area contributed by atoms with Crippen molar-refractivity contribution in [2.24, 2.45) is 0 Å². The molecule has 2 N–H and O–H groups in total. The standard InChI is InChI=1S/C14H21FN2O2/c1-11(12-5-3-4-6-13(12)15)16-8-7-14(18)17-9-10-19-2/h3-6,11,16H,7-10H2,1-2H3,(H,17,18). The molecule has 1 atom stereocenters. The highest BCUT2D eigenvalue weighted by atomic mass is 19.1. The number of hydrogen-bond donors (Lipinski definition) is 2. The number of carbonyl (C=O) groups excluding carboxylic acids is 1. The number of ether oxygens (including phenoxy) is 1. The average molecular weight is 268 g/mol. The molecule has 1 rings (SSSR count). The summed E-state index contributed by atoms with van der Waals surface area (Å²) in [5.74, 6) is -0.266. The Kier molecular flexibility index (Phi) is 7.07. The van der Waals surface area contributed by atoms with Crippen LogP contribution in [0.2, 0.25) is 0 Å². The molecule has 106 valence electrons. The lowest BCUT2D eigenvalue weighted by molar-refractivity contribution is -0.121. The van der Waals surface area contributed by atoms with Gasteiger partial charge in [-0.2, -0.15) is 0 Å². The third kappa shape index (κ3) is 5.81. The monoisotopic (exact) mass is 268 g/mol. The van der Waals surface area contributed by atoms with Crippen LogP contribution in [0, 0.1) is 5.82 Å². The van der Waals surface area contributed by atoms with Crippen molar-refractivity contribution in [1.29, 1.82) is 0 Å². The Hall–Kier alpha value is -1.46. The van der Waals surface area contributed by atoms with Gasteiger partial charge in [0.05, 0.1) is 6.61 Å². The zero-order chi connectivity index (χ0) is 14.1. The Morgan fingerprint density at radius 1 is 1.37 bits per heavy atom. The van der Waals surface area contributed by atoms with Gasteiger partial charge in [0.15, 0.2) is 0 Å². The molecule has 0 aliphatic carbocycles. The van der Waals surface area contributed by atoms with Gasteiger partial charge < -0.3 is 15.4 Å². The Morgan fingerprint density at radius 3 is 2.79 bits per heavy atom. The normalized spacial score (nSPS) is 12.2. The van der Waals surface area contributed by atoms with E-state index in [1.54, 1.807) is 25.3 Å². The van der Waals surface area contributed by atoms with Crippen molar-refractivity contribution in [2.45, 2.75) is 19.4 Å². The fourth-order valence-corrected chi connectivity index (χ4v) is 1.72. The molecule has 0 fully saturated rings. The van der Waals surface area contributed by atoms with Crippen LogP contribution >= 0.6 is 0 Å². The first kappa shape index (κ1) is 15.6. The van der Waals surface area contributed by atoms with Gasteiger partial charge in [-0.1, -0.05) is 18.2 Å². The topological polar surface area (TPSA) is 50.4 Å². The Labute approximate surface area is 113 Å². The fraction of sp³-hybridized carbons (Fsp3) is 0.500. The molecule has 0 heterocycles. The van der Waals surface area contributed by atoms with E-state index >= 15 is 0 Å². The van der Waals surface area contributed by atoms with Crippen LogP contribution in [-0.4, -0.2) is 32.7 Å². The van der Waals surface area contributed by atoms with Crippen LogP contribution in [0.25, 0.3) is 0 Å². The van der Waals surface area contributed by atoms with Crippen molar-refractivity contribution in [1.82, 2.24) is 10.6 Å². The van der Waals surface area contributed by atoms with Gasteiger partial charge in [0.1, 0.15) is 5.82 Å². The fourth-order valence-electron chi connectivity index (χ4n) is 1.72. The smallest absolute Gasteiger partial charge is 0.221 e.